The molecule has 0 bridgehead atoms. The van der Waals surface area contributed by atoms with Crippen molar-refractivity contribution in [1.82, 2.24) is 0 Å². The number of aliphatic hydroxyl groups is 1. The number of carboxylic acids is 1. The van der Waals surface area contributed by atoms with Crippen LogP contribution in [0.3, 0.4) is 0 Å². The molecular formula is C10H18O5. The van der Waals surface area contributed by atoms with E-state index in [0.717, 1.165) is 0 Å². The van der Waals surface area contributed by atoms with Crippen molar-refractivity contribution in [2.75, 3.05) is 33.0 Å². The molecule has 0 aliphatic carbocycles. The van der Waals surface area contributed by atoms with Gasteiger partial charge in [-0.2, -0.15) is 0 Å². The Labute approximate surface area is 89.0 Å². The van der Waals surface area contributed by atoms with Crippen LogP contribution in [0.1, 0.15) is 19.3 Å². The number of aliphatic hydroxyl groups excluding tert-OH is 1. The molecule has 0 amide bonds. The fraction of sp³-hybridized carbons (Fsp3) is 0.900. The topological polar surface area (TPSA) is 76.0 Å². The maximum absolute atomic E-state index is 11.2. The lowest BCUT2D eigenvalue weighted by Gasteiger charge is -2.32. The molecule has 0 aromatic heterocycles. The summed E-state index contributed by atoms with van der Waals surface area (Å²) in [6.07, 6.45) is 1.58. The summed E-state index contributed by atoms with van der Waals surface area (Å²) in [7, 11) is 0. The molecule has 1 aliphatic rings. The van der Waals surface area contributed by atoms with E-state index in [0.29, 0.717) is 39.1 Å². The van der Waals surface area contributed by atoms with E-state index in [-0.39, 0.29) is 13.2 Å². The molecule has 0 unspecified atom stereocenters. The van der Waals surface area contributed by atoms with Crippen LogP contribution >= 0.6 is 0 Å². The van der Waals surface area contributed by atoms with Gasteiger partial charge in [-0.05, 0) is 19.3 Å². The van der Waals surface area contributed by atoms with E-state index in [2.05, 4.69) is 0 Å². The Morgan fingerprint density at radius 2 is 2.00 bits per heavy atom. The molecule has 15 heavy (non-hydrogen) atoms. The first kappa shape index (κ1) is 12.4. The minimum atomic E-state index is -0.765. The molecule has 0 saturated carbocycles. The van der Waals surface area contributed by atoms with E-state index < -0.39 is 11.4 Å². The fourth-order valence-electron chi connectivity index (χ4n) is 1.77. The quantitative estimate of drug-likeness (QED) is 0.626. The van der Waals surface area contributed by atoms with Gasteiger partial charge in [-0.1, -0.05) is 0 Å². The van der Waals surface area contributed by atoms with Gasteiger partial charge in [0.05, 0.1) is 18.6 Å². The van der Waals surface area contributed by atoms with Crippen molar-refractivity contribution in [1.29, 1.82) is 0 Å². The minimum Gasteiger partial charge on any atom is -0.481 e. The molecule has 0 spiro atoms. The first-order valence-electron chi connectivity index (χ1n) is 5.21. The first-order valence-corrected chi connectivity index (χ1v) is 5.21. The molecule has 0 radical (unpaired) electrons. The van der Waals surface area contributed by atoms with Gasteiger partial charge in [0.15, 0.2) is 0 Å². The van der Waals surface area contributed by atoms with Gasteiger partial charge in [0.2, 0.25) is 0 Å². The molecule has 5 heteroatoms. The minimum absolute atomic E-state index is 0.0246. The molecule has 1 fully saturated rings. The van der Waals surface area contributed by atoms with E-state index in [9.17, 15) is 9.90 Å². The van der Waals surface area contributed by atoms with Crippen LogP contribution in [0.15, 0.2) is 0 Å². The van der Waals surface area contributed by atoms with Crippen LogP contribution in [0.5, 0.6) is 0 Å². The van der Waals surface area contributed by atoms with Crippen molar-refractivity contribution in [3.8, 4) is 0 Å². The van der Waals surface area contributed by atoms with Crippen molar-refractivity contribution in [2.24, 2.45) is 5.41 Å². The van der Waals surface area contributed by atoms with E-state index in [4.69, 9.17) is 14.6 Å². The second-order valence-electron chi connectivity index (χ2n) is 3.78. The molecule has 2 N–H and O–H groups in total. The summed E-state index contributed by atoms with van der Waals surface area (Å²) < 4.78 is 10.3. The molecule has 0 aromatic carbocycles. The van der Waals surface area contributed by atoms with Crippen LogP contribution in [-0.2, 0) is 14.3 Å². The van der Waals surface area contributed by atoms with Gasteiger partial charge in [0.1, 0.15) is 0 Å². The van der Waals surface area contributed by atoms with Crippen molar-refractivity contribution in [3.05, 3.63) is 0 Å². The van der Waals surface area contributed by atoms with Crippen molar-refractivity contribution in [2.45, 2.75) is 19.3 Å². The lowest BCUT2D eigenvalue weighted by atomic mass is 9.77. The highest BCUT2D eigenvalue weighted by atomic mass is 16.5. The average molecular weight is 218 g/mol. The third kappa shape index (κ3) is 3.44. The van der Waals surface area contributed by atoms with Crippen LogP contribution in [0, 0.1) is 5.41 Å². The highest BCUT2D eigenvalue weighted by molar-refractivity contribution is 5.74. The summed E-state index contributed by atoms with van der Waals surface area (Å²) in [5.41, 5.74) is -0.687. The Balaban J connectivity index is 2.39. The Morgan fingerprint density at radius 1 is 1.33 bits per heavy atom. The summed E-state index contributed by atoms with van der Waals surface area (Å²) in [5.74, 6) is -0.765. The Hall–Kier alpha value is -0.650. The lowest BCUT2D eigenvalue weighted by molar-refractivity contribution is -0.156. The summed E-state index contributed by atoms with van der Waals surface area (Å²) in [4.78, 5) is 11.2. The second kappa shape index (κ2) is 6.05. The molecule has 0 atom stereocenters. The normalized spacial score (nSPS) is 20.1. The molecule has 88 valence electrons. The molecule has 1 rings (SSSR count). The number of ether oxygens (including phenoxy) is 2. The van der Waals surface area contributed by atoms with Gasteiger partial charge in [0.25, 0.3) is 0 Å². The van der Waals surface area contributed by atoms with Crippen molar-refractivity contribution in [3.63, 3.8) is 0 Å². The van der Waals surface area contributed by atoms with Crippen molar-refractivity contribution < 1.29 is 24.5 Å². The Kier molecular flexibility index (Phi) is 5.01. The van der Waals surface area contributed by atoms with Gasteiger partial charge >= 0.3 is 5.97 Å². The van der Waals surface area contributed by atoms with Crippen molar-refractivity contribution >= 4 is 5.97 Å². The highest BCUT2D eigenvalue weighted by Crippen LogP contribution is 2.34. The smallest absolute Gasteiger partial charge is 0.309 e. The van der Waals surface area contributed by atoms with Crippen LogP contribution in [0.4, 0.5) is 0 Å². The standard InChI is InChI=1S/C10H18O5/c11-4-8-15-7-3-10(9(12)13)1-5-14-6-2-10/h11H,1-8H2,(H,12,13). The number of hydrogen-bond acceptors (Lipinski definition) is 4. The SMILES string of the molecule is O=C(O)C1(CCOCCO)CCOCC1. The molecule has 1 heterocycles. The average Bonchev–Trinajstić information content (AvgIpc) is 2.26. The summed E-state index contributed by atoms with van der Waals surface area (Å²) in [6, 6.07) is 0. The molecule has 1 aliphatic heterocycles. The number of aliphatic carboxylic acids is 1. The molecule has 1 saturated heterocycles. The van der Waals surface area contributed by atoms with E-state index in [1.54, 1.807) is 0 Å². The lowest BCUT2D eigenvalue weighted by Crippen LogP contribution is -2.38. The largest absolute Gasteiger partial charge is 0.481 e. The van der Waals surface area contributed by atoms with Gasteiger partial charge in [-0.3, -0.25) is 4.79 Å². The van der Waals surface area contributed by atoms with Gasteiger partial charge in [0, 0.05) is 19.8 Å². The monoisotopic (exact) mass is 218 g/mol. The van der Waals surface area contributed by atoms with Crippen LogP contribution in [0.25, 0.3) is 0 Å². The summed E-state index contributed by atoms with van der Waals surface area (Å²) in [6.45, 7) is 1.64. The zero-order valence-corrected chi connectivity index (χ0v) is 8.78. The third-order valence-electron chi connectivity index (χ3n) is 2.86. The summed E-state index contributed by atoms with van der Waals surface area (Å²) >= 11 is 0. The summed E-state index contributed by atoms with van der Waals surface area (Å²) in [5, 5.41) is 17.7. The van der Waals surface area contributed by atoms with E-state index >= 15 is 0 Å². The molecular weight excluding hydrogens is 200 g/mol. The first-order chi connectivity index (χ1) is 7.21. The number of rotatable bonds is 6. The third-order valence-corrected chi connectivity index (χ3v) is 2.86. The maximum atomic E-state index is 11.2. The van der Waals surface area contributed by atoms with Crippen LogP contribution < -0.4 is 0 Å². The van der Waals surface area contributed by atoms with E-state index in [1.165, 1.54) is 0 Å². The van der Waals surface area contributed by atoms with Crippen LogP contribution in [0.2, 0.25) is 0 Å². The number of carbonyl (C=O) groups is 1. The maximum Gasteiger partial charge on any atom is 0.309 e. The molecule has 0 aromatic rings. The van der Waals surface area contributed by atoms with Crippen LogP contribution in [-0.4, -0.2) is 49.2 Å². The highest BCUT2D eigenvalue weighted by Gasteiger charge is 2.39. The number of hydrogen-bond donors (Lipinski definition) is 2. The second-order valence-corrected chi connectivity index (χ2v) is 3.78. The van der Waals surface area contributed by atoms with Gasteiger partial charge < -0.3 is 19.7 Å². The Morgan fingerprint density at radius 3 is 2.53 bits per heavy atom. The van der Waals surface area contributed by atoms with Gasteiger partial charge in [-0.15, -0.1) is 0 Å². The number of carboxylic acid groups (broad SMARTS) is 1. The predicted octanol–water partition coefficient (Wildman–Crippen LogP) is 0.267. The Bertz CT molecular complexity index is 198. The van der Waals surface area contributed by atoms with E-state index in [1.807, 2.05) is 0 Å². The molecule has 5 nitrogen and oxygen atoms in total. The predicted molar refractivity (Wildman–Crippen MR) is 52.6 cm³/mol. The zero-order chi connectivity index (χ0) is 11.1. The zero-order valence-electron chi connectivity index (χ0n) is 8.78. The van der Waals surface area contributed by atoms with Gasteiger partial charge in [-0.25, -0.2) is 0 Å². The fourth-order valence-corrected chi connectivity index (χ4v) is 1.77.